The standard InChI is InChI=1S/C9H16N2O2/c1-7(12)11(2)9(13)8-3-5-10-6-4-8/h8,10H,3-6H2,1-2H3. The monoisotopic (exact) mass is 184 g/mol. The van der Waals surface area contributed by atoms with Crippen LogP contribution in [0, 0.1) is 5.92 Å². The van der Waals surface area contributed by atoms with E-state index in [1.807, 2.05) is 0 Å². The topological polar surface area (TPSA) is 49.4 Å². The Morgan fingerprint density at radius 1 is 1.31 bits per heavy atom. The molecule has 0 saturated carbocycles. The lowest BCUT2D eigenvalue weighted by Gasteiger charge is -2.25. The van der Waals surface area contributed by atoms with Crippen LogP contribution in [0.4, 0.5) is 0 Å². The molecule has 0 aliphatic carbocycles. The molecule has 4 heteroatoms. The molecule has 1 rings (SSSR count). The molecule has 1 fully saturated rings. The summed E-state index contributed by atoms with van der Waals surface area (Å²) in [6.07, 6.45) is 1.69. The van der Waals surface area contributed by atoms with Crippen LogP contribution in [0.15, 0.2) is 0 Å². The lowest BCUT2D eigenvalue weighted by Crippen LogP contribution is -2.41. The first-order valence-electron chi connectivity index (χ1n) is 4.61. The Morgan fingerprint density at radius 2 is 1.85 bits per heavy atom. The summed E-state index contributed by atoms with van der Waals surface area (Å²) in [4.78, 5) is 23.8. The molecule has 13 heavy (non-hydrogen) atoms. The van der Waals surface area contributed by atoms with Gasteiger partial charge in [-0.05, 0) is 25.9 Å². The maximum atomic E-state index is 11.6. The van der Waals surface area contributed by atoms with Crippen molar-refractivity contribution in [2.45, 2.75) is 19.8 Å². The first kappa shape index (κ1) is 10.2. The van der Waals surface area contributed by atoms with Crippen LogP contribution in [0.2, 0.25) is 0 Å². The average molecular weight is 184 g/mol. The zero-order valence-electron chi connectivity index (χ0n) is 8.17. The Morgan fingerprint density at radius 3 is 2.31 bits per heavy atom. The normalized spacial score (nSPS) is 18.3. The second-order valence-corrected chi connectivity index (χ2v) is 3.44. The van der Waals surface area contributed by atoms with E-state index in [1.54, 1.807) is 7.05 Å². The first-order valence-corrected chi connectivity index (χ1v) is 4.61. The fourth-order valence-electron chi connectivity index (χ4n) is 1.50. The Labute approximate surface area is 78.3 Å². The number of rotatable bonds is 1. The van der Waals surface area contributed by atoms with Gasteiger partial charge in [0.25, 0.3) is 0 Å². The van der Waals surface area contributed by atoms with Crippen molar-refractivity contribution in [1.82, 2.24) is 10.2 Å². The number of hydrogen-bond donors (Lipinski definition) is 1. The predicted octanol–water partition coefficient (Wildman–Crippen LogP) is -0.00910. The van der Waals surface area contributed by atoms with Gasteiger partial charge in [0, 0.05) is 19.9 Å². The van der Waals surface area contributed by atoms with Crippen LogP contribution >= 0.6 is 0 Å². The minimum atomic E-state index is -0.177. The van der Waals surface area contributed by atoms with Gasteiger partial charge in [-0.3, -0.25) is 14.5 Å². The van der Waals surface area contributed by atoms with Gasteiger partial charge >= 0.3 is 0 Å². The molecule has 1 aliphatic rings. The number of piperidine rings is 1. The third-order valence-electron chi connectivity index (χ3n) is 2.49. The summed E-state index contributed by atoms with van der Waals surface area (Å²) >= 11 is 0. The van der Waals surface area contributed by atoms with Gasteiger partial charge in [0.2, 0.25) is 11.8 Å². The van der Waals surface area contributed by atoms with E-state index in [0.717, 1.165) is 25.9 Å². The summed E-state index contributed by atoms with van der Waals surface area (Å²) < 4.78 is 0. The molecular formula is C9H16N2O2. The van der Waals surface area contributed by atoms with Crippen LogP contribution in [0.5, 0.6) is 0 Å². The van der Waals surface area contributed by atoms with Crippen molar-refractivity contribution in [3.8, 4) is 0 Å². The molecule has 1 heterocycles. The highest BCUT2D eigenvalue weighted by Crippen LogP contribution is 2.14. The quantitative estimate of drug-likeness (QED) is 0.623. The first-order chi connectivity index (χ1) is 6.13. The smallest absolute Gasteiger partial charge is 0.232 e. The van der Waals surface area contributed by atoms with Gasteiger partial charge in [0.05, 0.1) is 0 Å². The molecule has 0 spiro atoms. The van der Waals surface area contributed by atoms with Gasteiger partial charge in [-0.1, -0.05) is 0 Å². The van der Waals surface area contributed by atoms with E-state index in [0.29, 0.717) is 0 Å². The summed E-state index contributed by atoms with van der Waals surface area (Å²) in [5, 5.41) is 3.18. The molecule has 0 radical (unpaired) electrons. The number of carbonyl (C=O) groups excluding carboxylic acids is 2. The van der Waals surface area contributed by atoms with Crippen LogP contribution in [0.1, 0.15) is 19.8 Å². The maximum absolute atomic E-state index is 11.6. The zero-order valence-corrected chi connectivity index (χ0v) is 8.17. The number of nitrogens with zero attached hydrogens (tertiary/aromatic N) is 1. The minimum Gasteiger partial charge on any atom is -0.317 e. The summed E-state index contributed by atoms with van der Waals surface area (Å²) in [6.45, 7) is 3.17. The molecule has 2 amide bonds. The third kappa shape index (κ3) is 2.52. The van der Waals surface area contributed by atoms with Crippen molar-refractivity contribution in [1.29, 1.82) is 0 Å². The van der Waals surface area contributed by atoms with Crippen LogP contribution < -0.4 is 5.32 Å². The van der Waals surface area contributed by atoms with E-state index in [-0.39, 0.29) is 17.7 Å². The van der Waals surface area contributed by atoms with Gasteiger partial charge in [0.15, 0.2) is 0 Å². The lowest BCUT2D eigenvalue weighted by atomic mass is 9.97. The molecular weight excluding hydrogens is 168 g/mol. The van der Waals surface area contributed by atoms with E-state index in [9.17, 15) is 9.59 Å². The minimum absolute atomic E-state index is 0.0333. The van der Waals surface area contributed by atoms with Gasteiger partial charge in [-0.25, -0.2) is 0 Å². The molecule has 4 nitrogen and oxygen atoms in total. The van der Waals surface area contributed by atoms with Crippen molar-refractivity contribution in [2.24, 2.45) is 5.92 Å². The number of imide groups is 1. The predicted molar refractivity (Wildman–Crippen MR) is 49.0 cm³/mol. The zero-order chi connectivity index (χ0) is 9.84. The molecule has 0 aromatic heterocycles. The third-order valence-corrected chi connectivity index (χ3v) is 2.49. The summed E-state index contributed by atoms with van der Waals surface area (Å²) in [5.74, 6) is -0.173. The van der Waals surface area contributed by atoms with Gasteiger partial charge in [-0.2, -0.15) is 0 Å². The van der Waals surface area contributed by atoms with E-state index >= 15 is 0 Å². The van der Waals surface area contributed by atoms with E-state index in [4.69, 9.17) is 0 Å². The molecule has 0 atom stereocenters. The van der Waals surface area contributed by atoms with E-state index < -0.39 is 0 Å². The molecule has 1 N–H and O–H groups in total. The number of amides is 2. The number of carbonyl (C=O) groups is 2. The highest BCUT2D eigenvalue weighted by molar-refractivity contribution is 5.94. The second-order valence-electron chi connectivity index (χ2n) is 3.44. The Hall–Kier alpha value is -0.900. The van der Waals surface area contributed by atoms with Crippen molar-refractivity contribution in [3.63, 3.8) is 0 Å². The van der Waals surface area contributed by atoms with E-state index in [1.165, 1.54) is 11.8 Å². The molecule has 0 bridgehead atoms. The van der Waals surface area contributed by atoms with Crippen LogP contribution in [-0.4, -0.2) is 36.9 Å². The van der Waals surface area contributed by atoms with Crippen molar-refractivity contribution in [3.05, 3.63) is 0 Å². The number of hydrogen-bond acceptors (Lipinski definition) is 3. The Bertz CT molecular complexity index is 210. The molecule has 74 valence electrons. The Kier molecular flexibility index (Phi) is 3.42. The lowest BCUT2D eigenvalue weighted by molar-refractivity contribution is -0.145. The summed E-state index contributed by atoms with van der Waals surface area (Å²) in [6, 6.07) is 0. The molecule has 1 aliphatic heterocycles. The van der Waals surface area contributed by atoms with Crippen molar-refractivity contribution >= 4 is 11.8 Å². The van der Waals surface area contributed by atoms with Gasteiger partial charge < -0.3 is 5.32 Å². The number of nitrogens with one attached hydrogen (secondary N) is 1. The van der Waals surface area contributed by atoms with Crippen molar-refractivity contribution < 1.29 is 9.59 Å². The Balaban J connectivity index is 2.50. The van der Waals surface area contributed by atoms with Crippen molar-refractivity contribution in [2.75, 3.05) is 20.1 Å². The SMILES string of the molecule is CC(=O)N(C)C(=O)C1CCNCC1. The average Bonchev–Trinajstić information content (AvgIpc) is 2.17. The molecule has 0 unspecified atom stereocenters. The summed E-state index contributed by atoms with van der Waals surface area (Å²) in [7, 11) is 1.55. The second kappa shape index (κ2) is 4.37. The van der Waals surface area contributed by atoms with Crippen LogP contribution in [0.25, 0.3) is 0 Å². The fourth-order valence-corrected chi connectivity index (χ4v) is 1.50. The highest BCUT2D eigenvalue weighted by Gasteiger charge is 2.25. The van der Waals surface area contributed by atoms with Gasteiger partial charge in [0.1, 0.15) is 0 Å². The molecule has 0 aromatic carbocycles. The summed E-state index contributed by atoms with van der Waals surface area (Å²) in [5.41, 5.74) is 0. The van der Waals surface area contributed by atoms with Crippen LogP contribution in [-0.2, 0) is 9.59 Å². The largest absolute Gasteiger partial charge is 0.317 e. The molecule has 1 saturated heterocycles. The van der Waals surface area contributed by atoms with Gasteiger partial charge in [-0.15, -0.1) is 0 Å². The fraction of sp³-hybridized carbons (Fsp3) is 0.778. The van der Waals surface area contributed by atoms with Crippen LogP contribution in [0.3, 0.4) is 0 Å². The molecule has 0 aromatic rings. The highest BCUT2D eigenvalue weighted by atomic mass is 16.2. The maximum Gasteiger partial charge on any atom is 0.232 e. The van der Waals surface area contributed by atoms with E-state index in [2.05, 4.69) is 5.32 Å².